The normalized spacial score (nSPS) is 7.27. The number of nitrogens with zero attached hydrogens (tertiary/aromatic N) is 1. The summed E-state index contributed by atoms with van der Waals surface area (Å²) in [6.45, 7) is 7.00. The van der Waals surface area contributed by atoms with Crippen molar-refractivity contribution in [3.05, 3.63) is 25.1 Å². The van der Waals surface area contributed by atoms with E-state index in [1.165, 1.54) is 6.08 Å². The molecule has 0 amide bonds. The molecule has 0 spiro atoms. The lowest BCUT2D eigenvalue weighted by atomic mass is 10.7. The lowest BCUT2D eigenvalue weighted by molar-refractivity contribution is 0.343. The average Bonchev–Trinajstić information content (AvgIpc) is 2.03. The van der Waals surface area contributed by atoms with E-state index in [0.717, 1.165) is 5.82 Å². The molecule has 0 rings (SSSR count). The van der Waals surface area contributed by atoms with Gasteiger partial charge in [-0.1, -0.05) is 12.7 Å². The molecular formula is C8H18N2O. The Bertz CT molecular complexity index is 111. The van der Waals surface area contributed by atoms with Gasteiger partial charge in [-0.2, -0.15) is 0 Å². The van der Waals surface area contributed by atoms with Crippen LogP contribution in [0.2, 0.25) is 0 Å². The quantitative estimate of drug-likeness (QED) is 0.584. The zero-order chi connectivity index (χ0) is 9.28. The van der Waals surface area contributed by atoms with Crippen LogP contribution in [-0.2, 0) is 0 Å². The Morgan fingerprint density at radius 3 is 2.00 bits per heavy atom. The Morgan fingerprint density at radius 2 is 2.00 bits per heavy atom. The zero-order valence-corrected chi connectivity index (χ0v) is 7.59. The summed E-state index contributed by atoms with van der Waals surface area (Å²) in [4.78, 5) is 1.92. The second-order valence-corrected chi connectivity index (χ2v) is 2.06. The largest absolute Gasteiger partial charge is 0.392 e. The standard InChI is InChI=1S/C5H12N2.C3H6O/c1-5(6-2)7(3)4;1-2-3-4/h6H,1H2,2-4H3;2,4H,1,3H2. The minimum Gasteiger partial charge on any atom is -0.392 e. The average molecular weight is 158 g/mol. The fourth-order valence-electron chi connectivity index (χ4n) is 0.224. The highest BCUT2D eigenvalue weighted by atomic mass is 16.2. The van der Waals surface area contributed by atoms with Crippen LogP contribution in [0.1, 0.15) is 0 Å². The molecule has 3 heteroatoms. The number of aliphatic hydroxyl groups is 1. The van der Waals surface area contributed by atoms with E-state index in [0.29, 0.717) is 0 Å². The Labute approximate surface area is 69.0 Å². The molecule has 2 N–H and O–H groups in total. The summed E-state index contributed by atoms with van der Waals surface area (Å²) < 4.78 is 0. The Kier molecular flexibility index (Phi) is 10.4. The van der Waals surface area contributed by atoms with E-state index in [-0.39, 0.29) is 6.61 Å². The van der Waals surface area contributed by atoms with Crippen LogP contribution in [-0.4, -0.2) is 37.8 Å². The first-order valence-electron chi connectivity index (χ1n) is 3.35. The van der Waals surface area contributed by atoms with Crippen molar-refractivity contribution in [2.75, 3.05) is 27.7 Å². The van der Waals surface area contributed by atoms with Gasteiger partial charge < -0.3 is 15.3 Å². The molecule has 0 aromatic heterocycles. The lowest BCUT2D eigenvalue weighted by Crippen LogP contribution is -2.20. The molecule has 0 aliphatic rings. The van der Waals surface area contributed by atoms with Crippen molar-refractivity contribution in [2.45, 2.75) is 0 Å². The van der Waals surface area contributed by atoms with Crippen molar-refractivity contribution in [2.24, 2.45) is 0 Å². The first-order valence-corrected chi connectivity index (χ1v) is 3.35. The molecule has 0 radical (unpaired) electrons. The maximum Gasteiger partial charge on any atom is 0.0930 e. The van der Waals surface area contributed by atoms with Crippen LogP contribution in [0, 0.1) is 0 Å². The highest BCUT2D eigenvalue weighted by Crippen LogP contribution is 1.82. The zero-order valence-electron chi connectivity index (χ0n) is 7.59. The van der Waals surface area contributed by atoms with Gasteiger partial charge in [0.1, 0.15) is 0 Å². The highest BCUT2D eigenvalue weighted by Gasteiger charge is 1.85. The summed E-state index contributed by atoms with van der Waals surface area (Å²) in [6.07, 6.45) is 1.43. The van der Waals surface area contributed by atoms with Gasteiger partial charge >= 0.3 is 0 Å². The van der Waals surface area contributed by atoms with Crippen LogP contribution in [0.25, 0.3) is 0 Å². The summed E-state index contributed by atoms with van der Waals surface area (Å²) in [6, 6.07) is 0. The fourth-order valence-corrected chi connectivity index (χ4v) is 0.224. The van der Waals surface area contributed by atoms with Crippen molar-refractivity contribution in [1.82, 2.24) is 10.2 Å². The highest BCUT2D eigenvalue weighted by molar-refractivity contribution is 4.84. The molecule has 0 unspecified atom stereocenters. The van der Waals surface area contributed by atoms with E-state index in [1.807, 2.05) is 26.0 Å². The van der Waals surface area contributed by atoms with E-state index >= 15 is 0 Å². The van der Waals surface area contributed by atoms with Crippen LogP contribution >= 0.6 is 0 Å². The smallest absolute Gasteiger partial charge is 0.0930 e. The molecule has 3 nitrogen and oxygen atoms in total. The van der Waals surface area contributed by atoms with Gasteiger partial charge in [-0.15, -0.1) is 6.58 Å². The van der Waals surface area contributed by atoms with Gasteiger partial charge in [0.05, 0.1) is 12.4 Å². The van der Waals surface area contributed by atoms with E-state index < -0.39 is 0 Å². The molecule has 0 aliphatic carbocycles. The third kappa shape index (κ3) is 12.3. The van der Waals surface area contributed by atoms with Gasteiger partial charge in [-0.25, -0.2) is 0 Å². The lowest BCUT2D eigenvalue weighted by Gasteiger charge is -2.13. The minimum absolute atomic E-state index is 0.0833. The third-order valence-corrected chi connectivity index (χ3v) is 0.958. The predicted octanol–water partition coefficient (Wildman–Crippen LogP) is 0.403. The molecule has 0 saturated heterocycles. The number of rotatable bonds is 3. The number of nitrogens with one attached hydrogen (secondary N) is 1. The van der Waals surface area contributed by atoms with Crippen molar-refractivity contribution in [1.29, 1.82) is 0 Å². The second kappa shape index (κ2) is 9.04. The van der Waals surface area contributed by atoms with Crippen molar-refractivity contribution in [3.63, 3.8) is 0 Å². The van der Waals surface area contributed by atoms with Crippen molar-refractivity contribution in [3.8, 4) is 0 Å². The summed E-state index contributed by atoms with van der Waals surface area (Å²) in [5.41, 5.74) is 0. The van der Waals surface area contributed by atoms with E-state index in [1.54, 1.807) is 0 Å². The van der Waals surface area contributed by atoms with E-state index in [4.69, 9.17) is 5.11 Å². The SMILES string of the molecule is C=C(NC)N(C)C.C=CCO. The third-order valence-electron chi connectivity index (χ3n) is 0.958. The maximum absolute atomic E-state index is 7.76. The summed E-state index contributed by atoms with van der Waals surface area (Å²) >= 11 is 0. The Morgan fingerprint density at radius 1 is 1.64 bits per heavy atom. The molecule has 0 atom stereocenters. The Hall–Kier alpha value is -0.960. The van der Waals surface area contributed by atoms with Crippen molar-refractivity contribution < 1.29 is 5.11 Å². The second-order valence-electron chi connectivity index (χ2n) is 2.06. The monoisotopic (exact) mass is 158 g/mol. The molecule has 0 heterocycles. The molecule has 11 heavy (non-hydrogen) atoms. The van der Waals surface area contributed by atoms with Gasteiger partial charge in [-0.3, -0.25) is 0 Å². The van der Waals surface area contributed by atoms with Crippen LogP contribution < -0.4 is 5.32 Å². The molecule has 0 saturated carbocycles. The van der Waals surface area contributed by atoms with Gasteiger partial charge in [0.25, 0.3) is 0 Å². The summed E-state index contributed by atoms with van der Waals surface area (Å²) in [5.74, 6) is 0.931. The minimum atomic E-state index is 0.0833. The molecule has 0 bridgehead atoms. The molecule has 0 aromatic rings. The fraction of sp³-hybridized carbons (Fsp3) is 0.500. The molecular weight excluding hydrogens is 140 g/mol. The molecule has 0 aromatic carbocycles. The summed E-state index contributed by atoms with van der Waals surface area (Å²) in [5, 5.41) is 10.7. The first-order chi connectivity index (χ1) is 5.09. The van der Waals surface area contributed by atoms with Gasteiger partial charge in [0.15, 0.2) is 0 Å². The van der Waals surface area contributed by atoms with Crippen LogP contribution in [0.3, 0.4) is 0 Å². The van der Waals surface area contributed by atoms with Crippen molar-refractivity contribution >= 4 is 0 Å². The van der Waals surface area contributed by atoms with E-state index in [2.05, 4.69) is 18.5 Å². The molecule has 0 aliphatic heterocycles. The maximum atomic E-state index is 7.76. The van der Waals surface area contributed by atoms with Gasteiger partial charge in [-0.05, 0) is 0 Å². The first kappa shape index (κ1) is 12.7. The predicted molar refractivity (Wildman–Crippen MR) is 49.2 cm³/mol. The number of aliphatic hydroxyl groups excluding tert-OH is 1. The number of hydrogen-bond donors (Lipinski definition) is 2. The number of hydrogen-bond acceptors (Lipinski definition) is 3. The van der Waals surface area contributed by atoms with Gasteiger partial charge in [0, 0.05) is 21.1 Å². The molecule has 66 valence electrons. The van der Waals surface area contributed by atoms with Crippen LogP contribution in [0.4, 0.5) is 0 Å². The van der Waals surface area contributed by atoms with Gasteiger partial charge in [0.2, 0.25) is 0 Å². The van der Waals surface area contributed by atoms with Crippen LogP contribution in [0.15, 0.2) is 25.1 Å². The van der Waals surface area contributed by atoms with Crippen LogP contribution in [0.5, 0.6) is 0 Å². The van der Waals surface area contributed by atoms with E-state index in [9.17, 15) is 0 Å². The topological polar surface area (TPSA) is 35.5 Å². The Balaban J connectivity index is 0. The molecule has 0 fully saturated rings. The summed E-state index contributed by atoms with van der Waals surface area (Å²) in [7, 11) is 5.74.